The molecule has 4 amide bonds. The number of carbonyl (C=O) groups excluding carboxylic acids is 3. The van der Waals surface area contributed by atoms with Crippen LogP contribution in [0.4, 0.5) is 10.6 Å². The number of anilines is 1. The fourth-order valence-electron chi connectivity index (χ4n) is 5.30. The SMILES string of the molecule is CN1C(=O)N(C)C(=O)C2(Cc3c(nc4ccccn4c3=O)N3CCCCC[C@@H]32)C1=O. The highest BCUT2D eigenvalue weighted by molar-refractivity contribution is 6.20. The van der Waals surface area contributed by atoms with Gasteiger partial charge in [-0.05, 0) is 25.0 Å². The fourth-order valence-corrected chi connectivity index (χ4v) is 5.30. The lowest BCUT2D eigenvalue weighted by Gasteiger charge is -2.51. The van der Waals surface area contributed by atoms with Gasteiger partial charge in [0.25, 0.3) is 5.56 Å². The molecule has 0 bridgehead atoms. The van der Waals surface area contributed by atoms with Crippen LogP contribution in [0.5, 0.6) is 0 Å². The van der Waals surface area contributed by atoms with E-state index in [2.05, 4.69) is 0 Å². The number of barbiturate groups is 1. The number of aromatic nitrogens is 2. The van der Waals surface area contributed by atoms with E-state index < -0.39 is 29.3 Å². The highest BCUT2D eigenvalue weighted by Crippen LogP contribution is 2.46. The Balaban J connectivity index is 1.80. The standard InChI is InChI=1S/C21H23N5O4/c1-23-18(28)21(19(29)24(2)20(23)30)12-13-16(25-10-6-3-4-8-14(21)25)22-15-9-5-7-11-26(15)17(13)27/h5,7,9,11,14H,3-4,6,8,10,12H2,1-2H3/t14-/m1/s1. The van der Waals surface area contributed by atoms with E-state index in [9.17, 15) is 19.2 Å². The molecule has 2 aromatic heterocycles. The summed E-state index contributed by atoms with van der Waals surface area (Å²) in [5.41, 5.74) is -0.889. The van der Waals surface area contributed by atoms with Gasteiger partial charge in [0.15, 0.2) is 5.41 Å². The van der Waals surface area contributed by atoms with Crippen molar-refractivity contribution in [1.82, 2.24) is 19.2 Å². The lowest BCUT2D eigenvalue weighted by Crippen LogP contribution is -2.71. The molecule has 1 atom stereocenters. The number of urea groups is 1. The molecule has 0 N–H and O–H groups in total. The second-order valence-corrected chi connectivity index (χ2v) is 8.37. The normalized spacial score (nSPS) is 23.6. The predicted octanol–water partition coefficient (Wildman–Crippen LogP) is 1.04. The van der Waals surface area contributed by atoms with Crippen molar-refractivity contribution in [1.29, 1.82) is 0 Å². The molecule has 2 aromatic rings. The molecule has 3 aliphatic rings. The average Bonchev–Trinajstić information content (AvgIpc) is 3.02. The van der Waals surface area contributed by atoms with E-state index in [1.54, 1.807) is 18.3 Å². The molecule has 5 rings (SSSR count). The van der Waals surface area contributed by atoms with E-state index in [-0.39, 0.29) is 12.0 Å². The molecule has 9 heteroatoms. The highest BCUT2D eigenvalue weighted by atomic mass is 16.2. The highest BCUT2D eigenvalue weighted by Gasteiger charge is 2.63. The van der Waals surface area contributed by atoms with E-state index in [0.717, 1.165) is 29.1 Å². The third-order valence-corrected chi connectivity index (χ3v) is 6.80. The number of pyridine rings is 1. The maximum atomic E-state index is 13.5. The summed E-state index contributed by atoms with van der Waals surface area (Å²) in [5, 5.41) is 0. The molecule has 0 radical (unpaired) electrons. The van der Waals surface area contributed by atoms with Crippen LogP contribution in [0.15, 0.2) is 29.2 Å². The van der Waals surface area contributed by atoms with Crippen LogP contribution in [0.3, 0.4) is 0 Å². The molecule has 0 unspecified atom stereocenters. The molecule has 0 aromatic carbocycles. The van der Waals surface area contributed by atoms with Crippen LogP contribution < -0.4 is 10.5 Å². The molecular weight excluding hydrogens is 386 g/mol. The maximum absolute atomic E-state index is 13.5. The molecule has 30 heavy (non-hydrogen) atoms. The monoisotopic (exact) mass is 409 g/mol. The van der Waals surface area contributed by atoms with Crippen molar-refractivity contribution in [3.05, 3.63) is 40.3 Å². The molecule has 2 saturated heterocycles. The quantitative estimate of drug-likeness (QED) is 0.604. The zero-order valence-corrected chi connectivity index (χ0v) is 17.0. The van der Waals surface area contributed by atoms with Crippen LogP contribution in [0, 0.1) is 5.41 Å². The second-order valence-electron chi connectivity index (χ2n) is 8.37. The molecule has 1 spiro atoms. The van der Waals surface area contributed by atoms with E-state index in [1.165, 1.54) is 18.5 Å². The molecule has 0 saturated carbocycles. The minimum absolute atomic E-state index is 0.0488. The van der Waals surface area contributed by atoms with Gasteiger partial charge in [-0.15, -0.1) is 0 Å². The van der Waals surface area contributed by atoms with Crippen LogP contribution in [0.1, 0.15) is 31.2 Å². The zero-order valence-electron chi connectivity index (χ0n) is 17.0. The van der Waals surface area contributed by atoms with Crippen molar-refractivity contribution in [3.63, 3.8) is 0 Å². The van der Waals surface area contributed by atoms with Gasteiger partial charge in [0, 0.05) is 33.3 Å². The lowest BCUT2D eigenvalue weighted by molar-refractivity contribution is -0.159. The average molecular weight is 409 g/mol. The lowest BCUT2D eigenvalue weighted by atomic mass is 9.67. The van der Waals surface area contributed by atoms with E-state index >= 15 is 0 Å². The first-order valence-corrected chi connectivity index (χ1v) is 10.2. The molecular formula is C21H23N5O4. The summed E-state index contributed by atoms with van der Waals surface area (Å²) >= 11 is 0. The Bertz CT molecular complexity index is 1130. The largest absolute Gasteiger partial charge is 0.352 e. The summed E-state index contributed by atoms with van der Waals surface area (Å²) in [6, 6.07) is 4.25. The van der Waals surface area contributed by atoms with Crippen molar-refractivity contribution < 1.29 is 14.4 Å². The Morgan fingerprint density at radius 3 is 2.47 bits per heavy atom. The molecule has 156 valence electrons. The minimum Gasteiger partial charge on any atom is -0.352 e. The van der Waals surface area contributed by atoms with E-state index in [4.69, 9.17) is 4.98 Å². The van der Waals surface area contributed by atoms with Crippen LogP contribution in [-0.2, 0) is 16.0 Å². The van der Waals surface area contributed by atoms with Crippen LogP contribution in [-0.4, -0.2) is 63.7 Å². The first-order valence-electron chi connectivity index (χ1n) is 10.2. The van der Waals surface area contributed by atoms with Gasteiger partial charge in [0.05, 0.1) is 11.6 Å². The van der Waals surface area contributed by atoms with Crippen molar-refractivity contribution in [3.8, 4) is 0 Å². The summed E-state index contributed by atoms with van der Waals surface area (Å²) in [7, 11) is 2.80. The number of fused-ring (bicyclic) bond motifs is 5. The zero-order chi connectivity index (χ0) is 21.2. The Morgan fingerprint density at radius 1 is 1.00 bits per heavy atom. The number of amides is 4. The van der Waals surface area contributed by atoms with Crippen molar-refractivity contribution in [2.45, 2.75) is 38.1 Å². The summed E-state index contributed by atoms with van der Waals surface area (Å²) in [6.45, 7) is 0.608. The number of nitrogens with zero attached hydrogens (tertiary/aromatic N) is 5. The number of carbonyl (C=O) groups is 3. The molecule has 5 heterocycles. The van der Waals surface area contributed by atoms with Crippen LogP contribution in [0.25, 0.3) is 5.65 Å². The smallest absolute Gasteiger partial charge is 0.332 e. The van der Waals surface area contributed by atoms with Crippen molar-refractivity contribution in [2.75, 3.05) is 25.5 Å². The van der Waals surface area contributed by atoms with Gasteiger partial charge in [-0.3, -0.25) is 28.6 Å². The molecule has 3 aliphatic heterocycles. The number of imide groups is 2. The topological polar surface area (TPSA) is 95.3 Å². The van der Waals surface area contributed by atoms with Gasteiger partial charge in [-0.2, -0.15) is 0 Å². The third-order valence-electron chi connectivity index (χ3n) is 6.80. The van der Waals surface area contributed by atoms with Gasteiger partial charge < -0.3 is 4.90 Å². The van der Waals surface area contributed by atoms with E-state index in [1.807, 2.05) is 11.0 Å². The first kappa shape index (κ1) is 18.8. The van der Waals surface area contributed by atoms with Gasteiger partial charge in [0.1, 0.15) is 11.5 Å². The maximum Gasteiger partial charge on any atom is 0.332 e. The van der Waals surface area contributed by atoms with Gasteiger partial charge in [-0.25, -0.2) is 9.78 Å². The van der Waals surface area contributed by atoms with E-state index in [0.29, 0.717) is 30.0 Å². The number of hydrogen-bond donors (Lipinski definition) is 0. The third kappa shape index (κ3) is 2.26. The number of hydrogen-bond acceptors (Lipinski definition) is 6. The van der Waals surface area contributed by atoms with Crippen molar-refractivity contribution >= 4 is 29.3 Å². The second kappa shape index (κ2) is 6.38. The predicted molar refractivity (Wildman–Crippen MR) is 108 cm³/mol. The van der Waals surface area contributed by atoms with Crippen molar-refractivity contribution in [2.24, 2.45) is 5.41 Å². The molecule has 2 fully saturated rings. The first-order chi connectivity index (χ1) is 14.4. The minimum atomic E-state index is -1.50. The van der Waals surface area contributed by atoms with Gasteiger partial charge >= 0.3 is 6.03 Å². The summed E-state index contributed by atoms with van der Waals surface area (Å²) in [6.07, 6.45) is 4.94. The molecule has 0 aliphatic carbocycles. The Labute approximate surface area is 172 Å². The van der Waals surface area contributed by atoms with Gasteiger partial charge in [0.2, 0.25) is 11.8 Å². The summed E-state index contributed by atoms with van der Waals surface area (Å²) < 4.78 is 1.45. The van der Waals surface area contributed by atoms with Crippen LogP contribution in [0.2, 0.25) is 0 Å². The number of rotatable bonds is 0. The van der Waals surface area contributed by atoms with Gasteiger partial charge in [-0.1, -0.05) is 18.9 Å². The molecule has 9 nitrogen and oxygen atoms in total. The Kier molecular flexibility index (Phi) is 4.00. The summed E-state index contributed by atoms with van der Waals surface area (Å²) in [4.78, 5) is 61.6. The van der Waals surface area contributed by atoms with Crippen LogP contribution >= 0.6 is 0 Å². The fraction of sp³-hybridized carbons (Fsp3) is 0.476. The summed E-state index contributed by atoms with van der Waals surface area (Å²) in [5.74, 6) is -0.502. The Morgan fingerprint density at radius 2 is 1.73 bits per heavy atom. The Hall–Kier alpha value is -3.23.